The Kier molecular flexibility index (Phi) is 4.88. The quantitative estimate of drug-likeness (QED) is 0.510. The van der Waals surface area contributed by atoms with Crippen LogP contribution in [0.2, 0.25) is 0 Å². The molecule has 1 amide bonds. The van der Waals surface area contributed by atoms with Gasteiger partial charge in [-0.15, -0.1) is 0 Å². The van der Waals surface area contributed by atoms with Crippen LogP contribution in [0.5, 0.6) is 0 Å². The number of amides is 1. The first kappa shape index (κ1) is 18.1. The van der Waals surface area contributed by atoms with E-state index in [1.165, 1.54) is 35.8 Å². The van der Waals surface area contributed by atoms with Crippen LogP contribution < -0.4 is 16.7 Å². The fourth-order valence-corrected chi connectivity index (χ4v) is 2.55. The smallest absolute Gasteiger partial charge is 0.332 e. The van der Waals surface area contributed by atoms with Gasteiger partial charge in [-0.25, -0.2) is 15.2 Å². The Morgan fingerprint density at radius 2 is 2.11 bits per heavy atom. The number of furan rings is 1. The van der Waals surface area contributed by atoms with Gasteiger partial charge in [0.25, 0.3) is 11.5 Å². The molecule has 0 aliphatic carbocycles. The van der Waals surface area contributed by atoms with Crippen molar-refractivity contribution in [2.45, 2.75) is 13.5 Å². The van der Waals surface area contributed by atoms with Crippen LogP contribution in [0.3, 0.4) is 0 Å². The van der Waals surface area contributed by atoms with E-state index in [1.807, 2.05) is 6.92 Å². The lowest BCUT2D eigenvalue weighted by molar-refractivity contribution is -0.121. The van der Waals surface area contributed by atoms with Gasteiger partial charge in [0.1, 0.15) is 12.3 Å². The van der Waals surface area contributed by atoms with Gasteiger partial charge in [0, 0.05) is 14.1 Å². The maximum absolute atomic E-state index is 12.3. The molecule has 3 rings (SSSR count). The number of carbonyl (C=O) groups is 1. The summed E-state index contributed by atoms with van der Waals surface area (Å²) in [6, 6.07) is 3.57. The highest BCUT2D eigenvalue weighted by Gasteiger charge is 2.15. The minimum Gasteiger partial charge on any atom is -0.465 e. The Bertz CT molecular complexity index is 1160. The number of allylic oxidation sites excluding steroid dienone is 1. The van der Waals surface area contributed by atoms with Gasteiger partial charge in [0.05, 0.1) is 18.8 Å². The first-order valence-corrected chi connectivity index (χ1v) is 8.03. The van der Waals surface area contributed by atoms with Crippen LogP contribution in [0.25, 0.3) is 17.2 Å². The third kappa shape index (κ3) is 3.64. The predicted molar refractivity (Wildman–Crippen MR) is 99.2 cm³/mol. The molecule has 0 spiro atoms. The zero-order valence-electron chi connectivity index (χ0n) is 15.0. The number of rotatable bonds is 5. The highest BCUT2D eigenvalue weighted by Crippen LogP contribution is 2.06. The fourth-order valence-electron chi connectivity index (χ4n) is 2.55. The number of nitrogens with one attached hydrogen (secondary N) is 1. The van der Waals surface area contributed by atoms with Crippen molar-refractivity contribution in [2.24, 2.45) is 19.2 Å². The third-order valence-electron chi connectivity index (χ3n) is 3.90. The highest BCUT2D eigenvalue weighted by molar-refractivity contribution is 5.86. The average molecular weight is 370 g/mol. The van der Waals surface area contributed by atoms with Crippen molar-refractivity contribution in [3.63, 3.8) is 0 Å². The predicted octanol–water partition coefficient (Wildman–Crippen LogP) is 0.232. The van der Waals surface area contributed by atoms with Crippen molar-refractivity contribution in [2.75, 3.05) is 0 Å². The Morgan fingerprint density at radius 1 is 1.33 bits per heavy atom. The molecule has 10 heteroatoms. The van der Waals surface area contributed by atoms with Gasteiger partial charge in [-0.3, -0.25) is 18.7 Å². The fraction of sp³-hybridized carbons (Fsp3) is 0.235. The summed E-state index contributed by atoms with van der Waals surface area (Å²) in [6.07, 6.45) is 6.16. The maximum atomic E-state index is 12.3. The van der Waals surface area contributed by atoms with E-state index < -0.39 is 17.2 Å². The minimum atomic E-state index is -0.515. The van der Waals surface area contributed by atoms with Gasteiger partial charge >= 0.3 is 5.69 Å². The zero-order chi connectivity index (χ0) is 19.6. The number of hydrazone groups is 1. The summed E-state index contributed by atoms with van der Waals surface area (Å²) in [5.74, 6) is 0.240. The molecule has 10 nitrogen and oxygen atoms in total. The number of nitrogens with zero attached hydrogens (tertiary/aromatic N) is 5. The van der Waals surface area contributed by atoms with E-state index >= 15 is 0 Å². The lowest BCUT2D eigenvalue weighted by Gasteiger charge is -2.05. The molecule has 0 unspecified atom stereocenters. The van der Waals surface area contributed by atoms with E-state index in [1.54, 1.807) is 24.5 Å². The monoisotopic (exact) mass is 370 g/mol. The molecule has 0 fully saturated rings. The van der Waals surface area contributed by atoms with Crippen molar-refractivity contribution in [1.82, 2.24) is 24.1 Å². The molecule has 0 aromatic carbocycles. The molecular formula is C17H18N6O4. The highest BCUT2D eigenvalue weighted by atomic mass is 16.3. The molecule has 0 saturated heterocycles. The summed E-state index contributed by atoms with van der Waals surface area (Å²) >= 11 is 0. The van der Waals surface area contributed by atoms with Crippen LogP contribution >= 0.6 is 0 Å². The van der Waals surface area contributed by atoms with Crippen LogP contribution in [0, 0.1) is 0 Å². The number of imidazole rings is 1. The SMILES string of the molecule is CC(=Cc1ccco1)/C=N\NC(=O)Cn1cnc2c1c(=O)n(C)c(=O)n2C. The Balaban J connectivity index is 1.74. The van der Waals surface area contributed by atoms with Crippen LogP contribution in [0.4, 0.5) is 0 Å². The average Bonchev–Trinajstić information content (AvgIpc) is 3.28. The number of hydrogen-bond acceptors (Lipinski definition) is 6. The molecule has 27 heavy (non-hydrogen) atoms. The van der Waals surface area contributed by atoms with E-state index in [0.717, 1.165) is 10.1 Å². The van der Waals surface area contributed by atoms with Crippen molar-refractivity contribution in [3.05, 3.63) is 56.9 Å². The zero-order valence-corrected chi connectivity index (χ0v) is 15.0. The molecule has 140 valence electrons. The van der Waals surface area contributed by atoms with Crippen LogP contribution in [-0.4, -0.2) is 30.8 Å². The minimum absolute atomic E-state index is 0.164. The van der Waals surface area contributed by atoms with Crippen LogP contribution in [-0.2, 0) is 25.4 Å². The maximum Gasteiger partial charge on any atom is 0.332 e. The number of aromatic nitrogens is 4. The molecule has 0 radical (unpaired) electrons. The summed E-state index contributed by atoms with van der Waals surface area (Å²) in [7, 11) is 2.89. The first-order valence-electron chi connectivity index (χ1n) is 8.03. The van der Waals surface area contributed by atoms with Gasteiger partial charge in [-0.1, -0.05) is 0 Å². The summed E-state index contributed by atoms with van der Waals surface area (Å²) < 4.78 is 8.80. The second-order valence-corrected chi connectivity index (χ2v) is 5.95. The summed E-state index contributed by atoms with van der Waals surface area (Å²) in [5.41, 5.74) is 2.57. The second-order valence-electron chi connectivity index (χ2n) is 5.95. The van der Waals surface area contributed by atoms with E-state index in [0.29, 0.717) is 5.76 Å². The molecule has 3 heterocycles. The van der Waals surface area contributed by atoms with Gasteiger partial charge < -0.3 is 8.98 Å². The third-order valence-corrected chi connectivity index (χ3v) is 3.90. The molecule has 0 atom stereocenters. The van der Waals surface area contributed by atoms with Gasteiger partial charge in [-0.05, 0) is 30.7 Å². The normalized spacial score (nSPS) is 12.2. The van der Waals surface area contributed by atoms with E-state index in [2.05, 4.69) is 15.5 Å². The van der Waals surface area contributed by atoms with E-state index in [-0.39, 0.29) is 17.7 Å². The molecular weight excluding hydrogens is 352 g/mol. The molecule has 0 saturated carbocycles. The van der Waals surface area contributed by atoms with Crippen molar-refractivity contribution in [1.29, 1.82) is 0 Å². The molecule has 0 bridgehead atoms. The first-order chi connectivity index (χ1) is 12.9. The molecule has 1 N–H and O–H groups in total. The van der Waals surface area contributed by atoms with Gasteiger partial charge in [-0.2, -0.15) is 5.10 Å². The molecule has 0 aliphatic heterocycles. The number of aryl methyl sites for hydroxylation is 1. The second kappa shape index (κ2) is 7.28. The van der Waals surface area contributed by atoms with Crippen LogP contribution in [0.15, 0.2) is 49.4 Å². The largest absolute Gasteiger partial charge is 0.465 e. The van der Waals surface area contributed by atoms with Gasteiger partial charge in [0.15, 0.2) is 11.2 Å². The summed E-state index contributed by atoms with van der Waals surface area (Å²) in [5, 5.41) is 3.88. The van der Waals surface area contributed by atoms with E-state index in [4.69, 9.17) is 4.42 Å². The number of fused-ring (bicyclic) bond motifs is 1. The standard InChI is InChI=1S/C17H18N6O4/c1-11(7-12-5-4-6-27-12)8-19-20-13(24)9-23-10-18-15-14(23)16(25)22(3)17(26)21(15)2/h4-8,10H,9H2,1-3H3,(H,20,24)/b11-7?,19-8-. The Labute approximate surface area is 153 Å². The molecule has 3 aromatic rings. The van der Waals surface area contributed by atoms with Crippen molar-refractivity contribution < 1.29 is 9.21 Å². The van der Waals surface area contributed by atoms with E-state index in [9.17, 15) is 14.4 Å². The summed E-state index contributed by atoms with van der Waals surface area (Å²) in [6.45, 7) is 1.65. The van der Waals surface area contributed by atoms with Crippen molar-refractivity contribution in [3.8, 4) is 0 Å². The molecule has 3 aromatic heterocycles. The topological polar surface area (TPSA) is 116 Å². The lowest BCUT2D eigenvalue weighted by Crippen LogP contribution is -2.38. The number of carbonyl (C=O) groups excluding carboxylic acids is 1. The van der Waals surface area contributed by atoms with Crippen molar-refractivity contribution >= 4 is 29.4 Å². The van der Waals surface area contributed by atoms with Gasteiger partial charge in [0.2, 0.25) is 0 Å². The summed E-state index contributed by atoms with van der Waals surface area (Å²) in [4.78, 5) is 40.4. The van der Waals surface area contributed by atoms with Crippen LogP contribution in [0.1, 0.15) is 12.7 Å². The Morgan fingerprint density at radius 3 is 2.81 bits per heavy atom. The Hall–Kier alpha value is -3.69. The number of hydrogen-bond donors (Lipinski definition) is 1. The lowest BCUT2D eigenvalue weighted by atomic mass is 10.3. The molecule has 0 aliphatic rings.